The first kappa shape index (κ1) is 19.8. The highest BCUT2D eigenvalue weighted by atomic mass is 16.2. The van der Waals surface area contributed by atoms with Crippen LogP contribution in [0, 0.1) is 0 Å². The van der Waals surface area contributed by atoms with E-state index < -0.39 is 0 Å². The Balaban J connectivity index is 1.35. The highest BCUT2D eigenvalue weighted by molar-refractivity contribution is 5.95. The van der Waals surface area contributed by atoms with E-state index in [0.717, 1.165) is 29.5 Å². The Morgan fingerprint density at radius 2 is 1.73 bits per heavy atom. The highest BCUT2D eigenvalue weighted by Crippen LogP contribution is 2.19. The Morgan fingerprint density at radius 1 is 0.933 bits per heavy atom. The first-order valence-corrected chi connectivity index (χ1v) is 10.2. The van der Waals surface area contributed by atoms with Crippen molar-refractivity contribution in [3.8, 4) is 11.1 Å². The van der Waals surface area contributed by atoms with Crippen LogP contribution in [0.1, 0.15) is 52.1 Å². The second-order valence-electron chi connectivity index (χ2n) is 7.51. The summed E-state index contributed by atoms with van der Waals surface area (Å²) in [6.45, 7) is 0.331. The standard InChI is InChI=1S/C24H24N4O2/c29-23(28-21-6-1-2-7-21)19-5-3-4-17(14-19)15-27-24(30)22-9-8-20(16-26-22)18-10-12-25-13-11-18/h3-5,8-14,16,21H,1-2,6-7,15H2,(H,27,30)(H,28,29). The van der Waals surface area contributed by atoms with Crippen molar-refractivity contribution in [1.82, 2.24) is 20.6 Å². The SMILES string of the molecule is O=C(NC1CCCC1)c1cccc(CNC(=O)c2ccc(-c3ccncc3)cn2)c1. The minimum atomic E-state index is -0.253. The number of nitrogens with zero attached hydrogens (tertiary/aromatic N) is 2. The van der Waals surface area contributed by atoms with Gasteiger partial charge in [-0.25, -0.2) is 0 Å². The average molecular weight is 400 g/mol. The van der Waals surface area contributed by atoms with E-state index in [0.29, 0.717) is 17.8 Å². The van der Waals surface area contributed by atoms with E-state index in [1.54, 1.807) is 30.7 Å². The largest absolute Gasteiger partial charge is 0.349 e. The lowest BCUT2D eigenvalue weighted by Gasteiger charge is -2.12. The summed E-state index contributed by atoms with van der Waals surface area (Å²) in [6, 6.07) is 15.0. The Bertz CT molecular complexity index is 1010. The number of carbonyl (C=O) groups is 2. The van der Waals surface area contributed by atoms with Crippen LogP contribution in [0.25, 0.3) is 11.1 Å². The van der Waals surface area contributed by atoms with E-state index in [-0.39, 0.29) is 17.9 Å². The molecule has 2 heterocycles. The predicted molar refractivity (Wildman–Crippen MR) is 115 cm³/mol. The molecule has 2 amide bonds. The zero-order valence-electron chi connectivity index (χ0n) is 16.7. The van der Waals surface area contributed by atoms with Crippen LogP contribution < -0.4 is 10.6 Å². The van der Waals surface area contributed by atoms with Crippen LogP contribution in [0.3, 0.4) is 0 Å². The Kier molecular flexibility index (Phi) is 6.13. The molecule has 6 heteroatoms. The molecule has 3 aromatic rings. The van der Waals surface area contributed by atoms with E-state index in [1.165, 1.54) is 12.8 Å². The average Bonchev–Trinajstić information content (AvgIpc) is 3.31. The van der Waals surface area contributed by atoms with Crippen molar-refractivity contribution < 1.29 is 9.59 Å². The molecule has 30 heavy (non-hydrogen) atoms. The van der Waals surface area contributed by atoms with E-state index >= 15 is 0 Å². The van der Waals surface area contributed by atoms with Crippen molar-refractivity contribution in [2.24, 2.45) is 0 Å². The number of rotatable bonds is 6. The molecule has 2 aromatic heterocycles. The molecule has 0 aliphatic heterocycles. The zero-order valence-corrected chi connectivity index (χ0v) is 16.7. The number of hydrogen-bond acceptors (Lipinski definition) is 4. The smallest absolute Gasteiger partial charge is 0.270 e. The molecule has 1 aliphatic carbocycles. The maximum atomic E-state index is 12.5. The molecule has 0 radical (unpaired) electrons. The van der Waals surface area contributed by atoms with Gasteiger partial charge in [-0.05, 0) is 54.3 Å². The molecule has 4 rings (SSSR count). The summed E-state index contributed by atoms with van der Waals surface area (Å²) >= 11 is 0. The molecule has 0 unspecified atom stereocenters. The van der Waals surface area contributed by atoms with Gasteiger partial charge in [-0.2, -0.15) is 0 Å². The molecule has 1 fully saturated rings. The molecule has 1 aliphatic rings. The van der Waals surface area contributed by atoms with Crippen molar-refractivity contribution >= 4 is 11.8 Å². The molecule has 6 nitrogen and oxygen atoms in total. The van der Waals surface area contributed by atoms with Gasteiger partial charge in [0, 0.05) is 42.3 Å². The monoisotopic (exact) mass is 400 g/mol. The molecule has 0 atom stereocenters. The maximum absolute atomic E-state index is 12.5. The fourth-order valence-electron chi connectivity index (χ4n) is 3.68. The predicted octanol–water partition coefficient (Wildman–Crippen LogP) is 3.75. The second-order valence-corrected chi connectivity index (χ2v) is 7.51. The number of amides is 2. The molecular weight excluding hydrogens is 376 g/mol. The van der Waals surface area contributed by atoms with Crippen molar-refractivity contribution in [2.75, 3.05) is 0 Å². The van der Waals surface area contributed by atoms with Crippen LogP contribution in [-0.4, -0.2) is 27.8 Å². The third-order valence-corrected chi connectivity index (χ3v) is 5.34. The molecular formula is C24H24N4O2. The Labute approximate surface area is 175 Å². The second kappa shape index (κ2) is 9.31. The van der Waals surface area contributed by atoms with Gasteiger partial charge in [-0.15, -0.1) is 0 Å². The molecule has 0 saturated heterocycles. The summed E-state index contributed by atoms with van der Waals surface area (Å²) in [6.07, 6.45) is 9.57. The van der Waals surface area contributed by atoms with E-state index in [2.05, 4.69) is 20.6 Å². The minimum absolute atomic E-state index is 0.0524. The Hall–Kier alpha value is -3.54. The number of aromatic nitrogens is 2. The maximum Gasteiger partial charge on any atom is 0.270 e. The van der Waals surface area contributed by atoms with E-state index in [9.17, 15) is 9.59 Å². The zero-order chi connectivity index (χ0) is 20.8. The van der Waals surface area contributed by atoms with Crippen LogP contribution in [0.5, 0.6) is 0 Å². The minimum Gasteiger partial charge on any atom is -0.349 e. The van der Waals surface area contributed by atoms with Gasteiger partial charge in [0.15, 0.2) is 0 Å². The lowest BCUT2D eigenvalue weighted by atomic mass is 10.1. The molecule has 1 saturated carbocycles. The fraction of sp³-hybridized carbons (Fsp3) is 0.250. The van der Waals surface area contributed by atoms with Crippen molar-refractivity contribution in [3.05, 3.63) is 83.9 Å². The summed E-state index contributed by atoms with van der Waals surface area (Å²) in [5.41, 5.74) is 3.76. The molecule has 2 N–H and O–H groups in total. The topological polar surface area (TPSA) is 84.0 Å². The van der Waals surface area contributed by atoms with Gasteiger partial charge < -0.3 is 10.6 Å². The normalized spacial score (nSPS) is 13.7. The molecule has 0 bridgehead atoms. The van der Waals surface area contributed by atoms with Gasteiger partial charge in [0.05, 0.1) is 0 Å². The summed E-state index contributed by atoms with van der Waals surface area (Å²) < 4.78 is 0. The van der Waals surface area contributed by atoms with Gasteiger partial charge >= 0.3 is 0 Å². The van der Waals surface area contributed by atoms with Crippen LogP contribution in [-0.2, 0) is 6.54 Å². The lowest BCUT2D eigenvalue weighted by Crippen LogP contribution is -2.32. The fourth-order valence-corrected chi connectivity index (χ4v) is 3.68. The summed E-state index contributed by atoms with van der Waals surface area (Å²) in [7, 11) is 0. The quantitative estimate of drug-likeness (QED) is 0.660. The van der Waals surface area contributed by atoms with E-state index in [1.807, 2.05) is 36.4 Å². The lowest BCUT2D eigenvalue weighted by molar-refractivity contribution is 0.0934. The first-order chi connectivity index (χ1) is 14.7. The number of pyridine rings is 2. The van der Waals surface area contributed by atoms with Gasteiger partial charge in [0.25, 0.3) is 11.8 Å². The van der Waals surface area contributed by atoms with Gasteiger partial charge in [-0.1, -0.05) is 31.0 Å². The van der Waals surface area contributed by atoms with Crippen LogP contribution in [0.15, 0.2) is 67.1 Å². The van der Waals surface area contributed by atoms with Gasteiger partial charge in [0.1, 0.15) is 5.69 Å². The number of carbonyl (C=O) groups excluding carboxylic acids is 2. The number of nitrogens with one attached hydrogen (secondary N) is 2. The Morgan fingerprint density at radius 3 is 2.47 bits per heavy atom. The molecule has 152 valence electrons. The van der Waals surface area contributed by atoms with Crippen molar-refractivity contribution in [3.63, 3.8) is 0 Å². The third kappa shape index (κ3) is 4.89. The molecule has 0 spiro atoms. The van der Waals surface area contributed by atoms with E-state index in [4.69, 9.17) is 0 Å². The van der Waals surface area contributed by atoms with Crippen LogP contribution in [0.2, 0.25) is 0 Å². The highest BCUT2D eigenvalue weighted by Gasteiger charge is 2.18. The first-order valence-electron chi connectivity index (χ1n) is 10.2. The summed E-state index contributed by atoms with van der Waals surface area (Å²) in [5, 5.41) is 5.96. The van der Waals surface area contributed by atoms with Gasteiger partial charge in [0.2, 0.25) is 0 Å². The third-order valence-electron chi connectivity index (χ3n) is 5.34. The van der Waals surface area contributed by atoms with Crippen LogP contribution in [0.4, 0.5) is 0 Å². The summed E-state index contributed by atoms with van der Waals surface area (Å²) in [4.78, 5) is 33.2. The number of hydrogen-bond donors (Lipinski definition) is 2. The van der Waals surface area contributed by atoms with Gasteiger partial charge in [-0.3, -0.25) is 19.6 Å². The summed E-state index contributed by atoms with van der Waals surface area (Å²) in [5.74, 6) is -0.305. The molecule has 1 aromatic carbocycles. The van der Waals surface area contributed by atoms with Crippen molar-refractivity contribution in [2.45, 2.75) is 38.3 Å². The van der Waals surface area contributed by atoms with Crippen molar-refractivity contribution in [1.29, 1.82) is 0 Å². The van der Waals surface area contributed by atoms with Crippen LogP contribution >= 0.6 is 0 Å². The number of benzene rings is 1.